The molecule has 3 nitrogen and oxygen atoms in total. The van der Waals surface area contributed by atoms with Gasteiger partial charge < -0.3 is 9.84 Å². The Kier molecular flexibility index (Phi) is 5.61. The van der Waals surface area contributed by atoms with Crippen molar-refractivity contribution in [1.82, 2.24) is 0 Å². The number of aromatic carboxylic acids is 1. The van der Waals surface area contributed by atoms with Crippen LogP contribution < -0.4 is 4.74 Å². The predicted octanol–water partition coefficient (Wildman–Crippen LogP) is 6.30. The van der Waals surface area contributed by atoms with E-state index in [0.29, 0.717) is 10.6 Å². The lowest BCUT2D eigenvalue weighted by molar-refractivity contribution is -0.137. The van der Waals surface area contributed by atoms with Crippen molar-refractivity contribution >= 4 is 17.6 Å². The van der Waals surface area contributed by atoms with Crippen molar-refractivity contribution in [3.63, 3.8) is 0 Å². The monoisotopic (exact) mass is 406 g/mol. The largest absolute Gasteiger partial charge is 0.488 e. The lowest BCUT2D eigenvalue weighted by Crippen LogP contribution is -2.05. The topological polar surface area (TPSA) is 46.5 Å². The van der Waals surface area contributed by atoms with E-state index in [1.807, 2.05) is 0 Å². The molecule has 1 N–H and O–H groups in total. The van der Waals surface area contributed by atoms with Gasteiger partial charge in [0.1, 0.15) is 17.9 Å². The fourth-order valence-corrected chi connectivity index (χ4v) is 2.75. The van der Waals surface area contributed by atoms with E-state index >= 15 is 0 Å². The Morgan fingerprint density at radius 1 is 0.964 bits per heavy atom. The normalized spacial score (nSPS) is 11.3. The van der Waals surface area contributed by atoms with Crippen LogP contribution in [-0.4, -0.2) is 11.1 Å². The highest BCUT2D eigenvalue weighted by molar-refractivity contribution is 6.30. The molecule has 0 unspecified atom stereocenters. The highest BCUT2D eigenvalue weighted by atomic mass is 35.5. The summed E-state index contributed by atoms with van der Waals surface area (Å²) in [5.74, 6) is -1.11. The van der Waals surface area contributed by atoms with Crippen LogP contribution >= 0.6 is 11.6 Å². The van der Waals surface area contributed by atoms with Crippen molar-refractivity contribution in [3.05, 3.63) is 88.4 Å². The maximum absolute atomic E-state index is 12.9. The van der Waals surface area contributed by atoms with Gasteiger partial charge in [0.05, 0.1) is 5.56 Å². The number of ether oxygens (including phenoxy) is 1. The number of carboxylic acid groups (broad SMARTS) is 1. The first-order valence-electron chi connectivity index (χ1n) is 8.16. The van der Waals surface area contributed by atoms with E-state index in [1.165, 1.54) is 30.3 Å². The van der Waals surface area contributed by atoms with Gasteiger partial charge in [-0.25, -0.2) is 4.79 Å². The molecule has 7 heteroatoms. The van der Waals surface area contributed by atoms with Gasteiger partial charge >= 0.3 is 12.1 Å². The Morgan fingerprint density at radius 2 is 1.64 bits per heavy atom. The second-order valence-electron chi connectivity index (χ2n) is 6.01. The second kappa shape index (κ2) is 7.94. The van der Waals surface area contributed by atoms with E-state index in [4.69, 9.17) is 16.3 Å². The fraction of sp³-hybridized carbons (Fsp3) is 0.0952. The molecule has 0 aromatic heterocycles. The summed E-state index contributed by atoms with van der Waals surface area (Å²) in [4.78, 5) is 11.6. The smallest absolute Gasteiger partial charge is 0.416 e. The molecule has 0 amide bonds. The van der Waals surface area contributed by atoms with Gasteiger partial charge in [-0.1, -0.05) is 41.9 Å². The SMILES string of the molecule is O=C(O)c1cc(-c2cccc(C(F)(F)F)c2)ccc1OCc1ccc(Cl)cc1. The number of carbonyl (C=O) groups is 1. The average molecular weight is 407 g/mol. The third-order valence-electron chi connectivity index (χ3n) is 4.04. The highest BCUT2D eigenvalue weighted by Gasteiger charge is 2.30. The zero-order chi connectivity index (χ0) is 20.3. The molecular formula is C21H14ClF3O3. The first-order valence-corrected chi connectivity index (χ1v) is 8.54. The number of rotatable bonds is 5. The lowest BCUT2D eigenvalue weighted by atomic mass is 10.0. The Bertz CT molecular complexity index is 999. The number of hydrogen-bond acceptors (Lipinski definition) is 2. The Balaban J connectivity index is 1.89. The van der Waals surface area contributed by atoms with Crippen LogP contribution in [0.5, 0.6) is 5.75 Å². The van der Waals surface area contributed by atoms with Crippen LogP contribution in [0.3, 0.4) is 0 Å². The predicted molar refractivity (Wildman–Crippen MR) is 99.6 cm³/mol. The van der Waals surface area contributed by atoms with Crippen LogP contribution in [0, 0.1) is 0 Å². The summed E-state index contributed by atoms with van der Waals surface area (Å²) in [7, 11) is 0. The van der Waals surface area contributed by atoms with Gasteiger partial charge in [0.25, 0.3) is 0 Å². The maximum atomic E-state index is 12.9. The van der Waals surface area contributed by atoms with Gasteiger partial charge in [0, 0.05) is 5.02 Å². The van der Waals surface area contributed by atoms with Crippen molar-refractivity contribution in [2.75, 3.05) is 0 Å². The van der Waals surface area contributed by atoms with E-state index in [9.17, 15) is 23.1 Å². The average Bonchev–Trinajstić information content (AvgIpc) is 2.67. The second-order valence-corrected chi connectivity index (χ2v) is 6.45. The van der Waals surface area contributed by atoms with E-state index < -0.39 is 17.7 Å². The van der Waals surface area contributed by atoms with Crippen molar-refractivity contribution < 1.29 is 27.8 Å². The summed E-state index contributed by atoms with van der Waals surface area (Å²) in [6.45, 7) is 0.125. The van der Waals surface area contributed by atoms with Gasteiger partial charge in [-0.05, 0) is 53.1 Å². The van der Waals surface area contributed by atoms with Gasteiger partial charge in [-0.15, -0.1) is 0 Å². The summed E-state index contributed by atoms with van der Waals surface area (Å²) in [6, 6.07) is 15.9. The molecule has 0 fully saturated rings. The van der Waals surface area contributed by atoms with Crippen LogP contribution in [0.25, 0.3) is 11.1 Å². The molecule has 0 aliphatic heterocycles. The Hall–Kier alpha value is -2.99. The number of alkyl halides is 3. The highest BCUT2D eigenvalue weighted by Crippen LogP contribution is 2.33. The van der Waals surface area contributed by atoms with Gasteiger partial charge in [0.15, 0.2) is 0 Å². The molecule has 3 aromatic carbocycles. The Labute approximate surface area is 164 Å². The first kappa shape index (κ1) is 19.8. The fourth-order valence-electron chi connectivity index (χ4n) is 2.62. The number of hydrogen-bond donors (Lipinski definition) is 1. The van der Waals surface area contributed by atoms with Crippen LogP contribution in [-0.2, 0) is 12.8 Å². The van der Waals surface area contributed by atoms with Crippen LogP contribution in [0.15, 0.2) is 66.7 Å². The minimum absolute atomic E-state index is 0.123. The zero-order valence-corrected chi connectivity index (χ0v) is 15.1. The Morgan fingerprint density at radius 3 is 2.29 bits per heavy atom. The number of carboxylic acids is 1. The molecule has 0 radical (unpaired) electrons. The molecule has 0 saturated heterocycles. The first-order chi connectivity index (χ1) is 13.2. The zero-order valence-electron chi connectivity index (χ0n) is 14.3. The van der Waals surface area contributed by atoms with Gasteiger partial charge in [0.2, 0.25) is 0 Å². The summed E-state index contributed by atoms with van der Waals surface area (Å²) >= 11 is 5.82. The van der Waals surface area contributed by atoms with Gasteiger partial charge in [-0.2, -0.15) is 13.2 Å². The van der Waals surface area contributed by atoms with E-state index in [1.54, 1.807) is 24.3 Å². The van der Waals surface area contributed by atoms with Crippen LogP contribution in [0.2, 0.25) is 5.02 Å². The van der Waals surface area contributed by atoms with Crippen molar-refractivity contribution in [2.45, 2.75) is 12.8 Å². The molecule has 0 bridgehead atoms. The number of halogens is 4. The van der Waals surface area contributed by atoms with E-state index in [-0.39, 0.29) is 23.5 Å². The molecule has 0 aliphatic rings. The third-order valence-corrected chi connectivity index (χ3v) is 4.29. The molecule has 0 atom stereocenters. The molecule has 3 aromatic rings. The molecule has 3 rings (SSSR count). The number of benzene rings is 3. The van der Waals surface area contributed by atoms with Crippen molar-refractivity contribution in [1.29, 1.82) is 0 Å². The molecule has 28 heavy (non-hydrogen) atoms. The molecule has 0 heterocycles. The lowest BCUT2D eigenvalue weighted by Gasteiger charge is -2.12. The molecule has 0 spiro atoms. The minimum Gasteiger partial charge on any atom is -0.488 e. The third kappa shape index (κ3) is 4.64. The minimum atomic E-state index is -4.48. The molecule has 0 aliphatic carbocycles. The molecule has 0 saturated carbocycles. The molecular weight excluding hydrogens is 393 g/mol. The summed E-state index contributed by atoms with van der Waals surface area (Å²) in [5.41, 5.74) is 0.473. The summed E-state index contributed by atoms with van der Waals surface area (Å²) < 4.78 is 44.3. The van der Waals surface area contributed by atoms with Crippen molar-refractivity contribution in [2.24, 2.45) is 0 Å². The summed E-state index contributed by atoms with van der Waals surface area (Å²) in [5, 5.41) is 10.0. The van der Waals surface area contributed by atoms with E-state index in [2.05, 4.69) is 0 Å². The van der Waals surface area contributed by atoms with Crippen LogP contribution in [0.1, 0.15) is 21.5 Å². The summed E-state index contributed by atoms with van der Waals surface area (Å²) in [6.07, 6.45) is -4.48. The maximum Gasteiger partial charge on any atom is 0.416 e. The quantitative estimate of drug-likeness (QED) is 0.540. The van der Waals surface area contributed by atoms with E-state index in [0.717, 1.165) is 17.7 Å². The molecule has 144 valence electrons. The standard InChI is InChI=1S/C21H14ClF3O3/c22-17-7-4-13(5-8-17)12-28-19-9-6-15(11-18(19)20(26)27)14-2-1-3-16(10-14)21(23,24)25/h1-11H,12H2,(H,26,27). The van der Waals surface area contributed by atoms with Crippen molar-refractivity contribution in [3.8, 4) is 16.9 Å². The van der Waals surface area contributed by atoms with Crippen LogP contribution in [0.4, 0.5) is 13.2 Å². The van der Waals surface area contributed by atoms with Gasteiger partial charge in [-0.3, -0.25) is 0 Å².